The van der Waals surface area contributed by atoms with Crippen LogP contribution in [0.1, 0.15) is 10.4 Å². The monoisotopic (exact) mass is 344 g/mol. The highest BCUT2D eigenvalue weighted by atomic mass is 79.9. The van der Waals surface area contributed by atoms with Crippen LogP contribution in [0.5, 0.6) is 0 Å². The lowest BCUT2D eigenvalue weighted by Crippen LogP contribution is -1.98. The van der Waals surface area contributed by atoms with Crippen molar-refractivity contribution < 1.29 is 9.90 Å². The topological polar surface area (TPSA) is 63.1 Å². The number of nitrogens with zero attached hydrogens (tertiary/aromatic N) is 2. The molecule has 0 saturated carbocycles. The largest absolute Gasteiger partial charge is 0.478 e. The number of hydrogen-bond donors (Lipinski definition) is 1. The number of carboxylic acid groups (broad SMARTS) is 1. The molecule has 0 fully saturated rings. The van der Waals surface area contributed by atoms with Gasteiger partial charge in [-0.3, -0.25) is 0 Å². The van der Waals surface area contributed by atoms with E-state index in [1.165, 1.54) is 30.4 Å². The molecule has 0 atom stereocenters. The first kappa shape index (κ1) is 13.3. The van der Waals surface area contributed by atoms with Crippen molar-refractivity contribution in [2.75, 3.05) is 0 Å². The summed E-state index contributed by atoms with van der Waals surface area (Å²) in [7, 11) is 0. The highest BCUT2D eigenvalue weighted by Gasteiger charge is 2.13. The molecule has 4 nitrogen and oxygen atoms in total. The molecule has 0 radical (unpaired) electrons. The quantitative estimate of drug-likeness (QED) is 0.859. The first-order chi connectivity index (χ1) is 8.58. The second-order valence-corrected chi connectivity index (χ2v) is 5.58. The average molecular weight is 346 g/mol. The van der Waals surface area contributed by atoms with E-state index in [2.05, 4.69) is 25.9 Å². The van der Waals surface area contributed by atoms with Gasteiger partial charge in [0.25, 0.3) is 0 Å². The van der Waals surface area contributed by atoms with Crippen LogP contribution in [-0.2, 0) is 0 Å². The van der Waals surface area contributed by atoms with Gasteiger partial charge in [-0.25, -0.2) is 14.8 Å². The fraction of sp³-hybridized carbons (Fsp3) is 0. The molecule has 2 rings (SSSR count). The Hall–Kier alpha value is -1.11. The number of carboxylic acids is 1. The zero-order valence-corrected chi connectivity index (χ0v) is 12.0. The van der Waals surface area contributed by atoms with Gasteiger partial charge in [0.2, 0.25) is 0 Å². The molecule has 7 heteroatoms. The molecule has 1 N–H and O–H groups in total. The van der Waals surface area contributed by atoms with Crippen LogP contribution in [0.2, 0.25) is 5.02 Å². The van der Waals surface area contributed by atoms with Crippen molar-refractivity contribution in [3.8, 4) is 0 Å². The summed E-state index contributed by atoms with van der Waals surface area (Å²) in [6.45, 7) is 0. The van der Waals surface area contributed by atoms with E-state index in [0.717, 1.165) is 4.47 Å². The van der Waals surface area contributed by atoms with Crippen LogP contribution in [0.25, 0.3) is 0 Å². The smallest absolute Gasteiger partial charge is 0.336 e. The number of hydrogen-bond acceptors (Lipinski definition) is 4. The Balaban J connectivity index is 2.42. The number of carbonyl (C=O) groups is 1. The van der Waals surface area contributed by atoms with Gasteiger partial charge < -0.3 is 5.11 Å². The molecule has 1 aromatic carbocycles. The average Bonchev–Trinajstić information content (AvgIpc) is 2.32. The number of rotatable bonds is 3. The normalized spacial score (nSPS) is 10.3. The Kier molecular flexibility index (Phi) is 4.21. The third-order valence-electron chi connectivity index (χ3n) is 2.01. The van der Waals surface area contributed by atoms with Gasteiger partial charge in [0.05, 0.1) is 16.8 Å². The van der Waals surface area contributed by atoms with Crippen LogP contribution in [0.15, 0.2) is 45.1 Å². The van der Waals surface area contributed by atoms with E-state index < -0.39 is 5.97 Å². The molecule has 0 aliphatic carbocycles. The number of aromatic carboxylic acids is 1. The Bertz CT molecular complexity index is 609. The lowest BCUT2D eigenvalue weighted by molar-refractivity contribution is 0.0693. The molecule has 92 valence electrons. The minimum Gasteiger partial charge on any atom is -0.478 e. The van der Waals surface area contributed by atoms with Gasteiger partial charge >= 0.3 is 5.97 Å². The minimum absolute atomic E-state index is 0.206. The maximum absolute atomic E-state index is 11.1. The molecule has 0 saturated heterocycles. The standard InChI is InChI=1S/C11H6BrClN2O2S/c12-6-1-2-7(11(16)17)9(3-6)18-10-8(13)4-14-5-15-10/h1-5H,(H,16,17). The lowest BCUT2D eigenvalue weighted by Gasteiger charge is -2.06. The van der Waals surface area contributed by atoms with Gasteiger partial charge in [-0.15, -0.1) is 0 Å². The minimum atomic E-state index is -0.991. The molecular formula is C11H6BrClN2O2S. The fourth-order valence-electron chi connectivity index (χ4n) is 1.24. The van der Waals surface area contributed by atoms with Crippen LogP contribution < -0.4 is 0 Å². The molecule has 0 amide bonds. The zero-order chi connectivity index (χ0) is 13.1. The third-order valence-corrected chi connectivity index (χ3v) is 3.97. The highest BCUT2D eigenvalue weighted by molar-refractivity contribution is 9.10. The van der Waals surface area contributed by atoms with Crippen LogP contribution in [-0.4, -0.2) is 21.0 Å². The molecule has 18 heavy (non-hydrogen) atoms. The summed E-state index contributed by atoms with van der Waals surface area (Å²) in [5, 5.41) is 10.0. The van der Waals surface area contributed by atoms with Crippen LogP contribution in [0.4, 0.5) is 0 Å². The van der Waals surface area contributed by atoms with Crippen LogP contribution >= 0.6 is 39.3 Å². The second-order valence-electron chi connectivity index (χ2n) is 3.22. The molecule has 0 aliphatic heterocycles. The summed E-state index contributed by atoms with van der Waals surface area (Å²) in [4.78, 5) is 19.5. The van der Waals surface area contributed by atoms with Crippen molar-refractivity contribution >= 4 is 45.3 Å². The van der Waals surface area contributed by atoms with Crippen LogP contribution in [0.3, 0.4) is 0 Å². The highest BCUT2D eigenvalue weighted by Crippen LogP contribution is 2.34. The number of benzene rings is 1. The second kappa shape index (κ2) is 5.69. The zero-order valence-electron chi connectivity index (χ0n) is 8.80. The van der Waals surface area contributed by atoms with E-state index in [0.29, 0.717) is 14.9 Å². The Morgan fingerprint density at radius 1 is 1.44 bits per heavy atom. The van der Waals surface area contributed by atoms with E-state index in [4.69, 9.17) is 16.7 Å². The molecule has 0 unspecified atom stereocenters. The number of halogens is 2. The Labute approximate surface area is 121 Å². The molecule has 2 aromatic rings. The summed E-state index contributed by atoms with van der Waals surface area (Å²) < 4.78 is 0.792. The van der Waals surface area contributed by atoms with Crippen molar-refractivity contribution in [2.24, 2.45) is 0 Å². The summed E-state index contributed by atoms with van der Waals surface area (Å²) in [5.74, 6) is -0.991. The molecular weight excluding hydrogens is 340 g/mol. The van der Waals surface area contributed by atoms with Gasteiger partial charge in [0, 0.05) is 9.37 Å². The molecule has 1 aromatic heterocycles. The molecule has 0 spiro atoms. The summed E-state index contributed by atoms with van der Waals surface area (Å²) in [5.41, 5.74) is 0.206. The summed E-state index contributed by atoms with van der Waals surface area (Å²) in [6, 6.07) is 4.92. The van der Waals surface area contributed by atoms with Crippen molar-refractivity contribution in [1.29, 1.82) is 0 Å². The fourth-order valence-corrected chi connectivity index (χ4v) is 2.88. The van der Waals surface area contributed by atoms with Gasteiger partial charge in [-0.05, 0) is 18.2 Å². The van der Waals surface area contributed by atoms with Gasteiger partial charge in [0.1, 0.15) is 11.4 Å². The first-order valence-corrected chi connectivity index (χ1v) is 6.73. The molecule has 0 bridgehead atoms. The third kappa shape index (κ3) is 3.01. The molecule has 0 aliphatic rings. The maximum atomic E-state index is 11.1. The van der Waals surface area contributed by atoms with Gasteiger partial charge in [-0.2, -0.15) is 0 Å². The van der Waals surface area contributed by atoms with E-state index in [9.17, 15) is 4.79 Å². The van der Waals surface area contributed by atoms with E-state index in [1.54, 1.807) is 12.1 Å². The lowest BCUT2D eigenvalue weighted by atomic mass is 10.2. The predicted molar refractivity (Wildman–Crippen MR) is 72.3 cm³/mol. The van der Waals surface area contributed by atoms with E-state index >= 15 is 0 Å². The summed E-state index contributed by atoms with van der Waals surface area (Å²) >= 11 is 10.4. The Morgan fingerprint density at radius 2 is 2.22 bits per heavy atom. The van der Waals surface area contributed by atoms with Crippen molar-refractivity contribution in [3.05, 3.63) is 45.8 Å². The van der Waals surface area contributed by atoms with E-state index in [1.807, 2.05) is 0 Å². The van der Waals surface area contributed by atoms with Crippen molar-refractivity contribution in [1.82, 2.24) is 9.97 Å². The van der Waals surface area contributed by atoms with Crippen molar-refractivity contribution in [2.45, 2.75) is 9.92 Å². The first-order valence-electron chi connectivity index (χ1n) is 4.74. The summed E-state index contributed by atoms with van der Waals surface area (Å²) in [6.07, 6.45) is 2.84. The van der Waals surface area contributed by atoms with E-state index in [-0.39, 0.29) is 5.56 Å². The van der Waals surface area contributed by atoms with Gasteiger partial charge in [-0.1, -0.05) is 39.3 Å². The maximum Gasteiger partial charge on any atom is 0.336 e. The Morgan fingerprint density at radius 3 is 2.89 bits per heavy atom. The molecule has 1 heterocycles. The van der Waals surface area contributed by atoms with Crippen LogP contribution in [0, 0.1) is 0 Å². The van der Waals surface area contributed by atoms with Gasteiger partial charge in [0.15, 0.2) is 0 Å². The number of aromatic nitrogens is 2. The van der Waals surface area contributed by atoms with Crippen molar-refractivity contribution in [3.63, 3.8) is 0 Å². The SMILES string of the molecule is O=C(O)c1ccc(Br)cc1Sc1ncncc1Cl. The predicted octanol–water partition coefficient (Wildman–Crippen LogP) is 3.74.